The topological polar surface area (TPSA) is 63.4 Å². The first-order valence-corrected chi connectivity index (χ1v) is 10.8. The Balaban J connectivity index is 1.76. The molecule has 3 aromatic rings. The quantitative estimate of drug-likeness (QED) is 0.405. The van der Waals surface area contributed by atoms with E-state index >= 15 is 0 Å². The van der Waals surface area contributed by atoms with Crippen LogP contribution in [-0.2, 0) is 4.74 Å². The first-order valence-electron chi connectivity index (χ1n) is 10.4. The molecule has 0 radical (unpaired) electrons. The maximum absolute atomic E-state index is 13.6. The summed E-state index contributed by atoms with van der Waals surface area (Å²) in [5, 5.41) is 8.17. The molecule has 1 aromatic heterocycles. The molecule has 4 rings (SSSR count). The van der Waals surface area contributed by atoms with Crippen LogP contribution in [0.15, 0.2) is 58.8 Å². The van der Waals surface area contributed by atoms with Gasteiger partial charge in [-0.1, -0.05) is 47.1 Å². The molecule has 0 aliphatic carbocycles. The second kappa shape index (κ2) is 9.58. The number of benzene rings is 2. The number of hydrogen-bond donors (Lipinski definition) is 1. The lowest BCUT2D eigenvalue weighted by Crippen LogP contribution is -2.46. The SMILES string of the molecule is COCCCN1C(=S)NC(c2ccc(F)cc2)C(c2nc(-c3ccc(C)cc3)no2)=C1C. The average molecular weight is 453 g/mol. The normalized spacial score (nSPS) is 16.4. The fourth-order valence-corrected chi connectivity index (χ4v) is 4.10. The van der Waals surface area contributed by atoms with Crippen molar-refractivity contribution in [1.29, 1.82) is 0 Å². The summed E-state index contributed by atoms with van der Waals surface area (Å²) in [7, 11) is 1.68. The van der Waals surface area contributed by atoms with E-state index in [4.69, 9.17) is 21.5 Å². The second-order valence-corrected chi connectivity index (χ2v) is 8.11. The highest BCUT2D eigenvalue weighted by Gasteiger charge is 2.33. The third-order valence-corrected chi connectivity index (χ3v) is 5.83. The molecule has 1 unspecified atom stereocenters. The molecule has 8 heteroatoms. The number of allylic oxidation sites excluding steroid dienone is 1. The van der Waals surface area contributed by atoms with Crippen molar-refractivity contribution in [3.8, 4) is 11.4 Å². The Morgan fingerprint density at radius 2 is 1.84 bits per heavy atom. The Labute approximate surface area is 192 Å². The van der Waals surface area contributed by atoms with Crippen LogP contribution in [0.3, 0.4) is 0 Å². The predicted molar refractivity (Wildman–Crippen MR) is 125 cm³/mol. The highest BCUT2D eigenvalue weighted by molar-refractivity contribution is 7.80. The van der Waals surface area contributed by atoms with Crippen LogP contribution in [0.4, 0.5) is 4.39 Å². The van der Waals surface area contributed by atoms with Crippen molar-refractivity contribution in [3.05, 3.63) is 77.1 Å². The van der Waals surface area contributed by atoms with Crippen LogP contribution in [0.5, 0.6) is 0 Å². The van der Waals surface area contributed by atoms with Gasteiger partial charge >= 0.3 is 0 Å². The van der Waals surface area contributed by atoms with Crippen molar-refractivity contribution in [2.45, 2.75) is 26.3 Å². The number of halogens is 1. The lowest BCUT2D eigenvalue weighted by molar-refractivity contribution is 0.188. The molecule has 2 heterocycles. The van der Waals surface area contributed by atoms with Gasteiger partial charge in [0.1, 0.15) is 5.82 Å². The van der Waals surface area contributed by atoms with E-state index < -0.39 is 0 Å². The molecule has 32 heavy (non-hydrogen) atoms. The number of aryl methyl sites for hydroxylation is 1. The molecule has 0 saturated heterocycles. The largest absolute Gasteiger partial charge is 0.385 e. The third-order valence-electron chi connectivity index (χ3n) is 5.50. The van der Waals surface area contributed by atoms with Crippen LogP contribution < -0.4 is 5.32 Å². The molecule has 2 aromatic carbocycles. The van der Waals surface area contributed by atoms with E-state index in [1.807, 2.05) is 43.0 Å². The number of thiocarbonyl (C=S) groups is 1. The predicted octanol–water partition coefficient (Wildman–Crippen LogP) is 4.88. The summed E-state index contributed by atoms with van der Waals surface area (Å²) in [5.41, 5.74) is 4.61. The molecule has 0 fully saturated rings. The van der Waals surface area contributed by atoms with Gasteiger partial charge in [-0.25, -0.2) is 4.39 Å². The third kappa shape index (κ3) is 4.56. The number of nitrogens with zero attached hydrogens (tertiary/aromatic N) is 3. The van der Waals surface area contributed by atoms with Crippen molar-refractivity contribution >= 4 is 22.9 Å². The summed E-state index contributed by atoms with van der Waals surface area (Å²) in [6, 6.07) is 14.0. The van der Waals surface area contributed by atoms with Crippen LogP contribution in [0, 0.1) is 12.7 Å². The van der Waals surface area contributed by atoms with Crippen molar-refractivity contribution in [3.63, 3.8) is 0 Å². The summed E-state index contributed by atoms with van der Waals surface area (Å²) in [6.07, 6.45) is 0.808. The first kappa shape index (κ1) is 22.1. The number of aromatic nitrogens is 2. The minimum Gasteiger partial charge on any atom is -0.385 e. The van der Waals surface area contributed by atoms with Gasteiger partial charge in [0.05, 0.1) is 11.6 Å². The maximum atomic E-state index is 13.6. The van der Waals surface area contributed by atoms with Crippen molar-refractivity contribution < 1.29 is 13.7 Å². The maximum Gasteiger partial charge on any atom is 0.258 e. The van der Waals surface area contributed by atoms with Crippen LogP contribution in [0.1, 0.15) is 36.4 Å². The van der Waals surface area contributed by atoms with Crippen molar-refractivity contribution in [1.82, 2.24) is 20.4 Å². The number of hydrogen-bond acceptors (Lipinski definition) is 5. The number of ether oxygens (including phenoxy) is 1. The number of methoxy groups -OCH3 is 1. The molecule has 0 saturated carbocycles. The van der Waals surface area contributed by atoms with Crippen molar-refractivity contribution in [2.24, 2.45) is 0 Å². The average Bonchev–Trinajstić information content (AvgIpc) is 3.26. The molecule has 6 nitrogen and oxygen atoms in total. The molecule has 1 aliphatic heterocycles. The van der Waals surface area contributed by atoms with Gasteiger partial charge in [-0.05, 0) is 50.2 Å². The van der Waals surface area contributed by atoms with Crippen LogP contribution in [0.25, 0.3) is 17.0 Å². The molecule has 0 spiro atoms. The van der Waals surface area contributed by atoms with Gasteiger partial charge < -0.3 is 19.5 Å². The van der Waals surface area contributed by atoms with Crippen LogP contribution >= 0.6 is 12.2 Å². The summed E-state index contributed by atoms with van der Waals surface area (Å²) in [4.78, 5) is 6.70. The van der Waals surface area contributed by atoms with E-state index in [2.05, 4.69) is 15.5 Å². The van der Waals surface area contributed by atoms with E-state index in [0.717, 1.165) is 34.4 Å². The molecule has 0 amide bonds. The minimum atomic E-state index is -0.340. The zero-order chi connectivity index (χ0) is 22.7. The Hall–Kier alpha value is -3.10. The molecule has 1 atom stereocenters. The monoisotopic (exact) mass is 452 g/mol. The lowest BCUT2D eigenvalue weighted by Gasteiger charge is -2.37. The summed E-state index contributed by atoms with van der Waals surface area (Å²) >= 11 is 5.65. The molecule has 1 N–H and O–H groups in total. The highest BCUT2D eigenvalue weighted by atomic mass is 32.1. The lowest BCUT2D eigenvalue weighted by atomic mass is 9.94. The van der Waals surface area contributed by atoms with E-state index in [1.165, 1.54) is 12.1 Å². The second-order valence-electron chi connectivity index (χ2n) is 7.72. The summed E-state index contributed by atoms with van der Waals surface area (Å²) in [5.74, 6) is 0.617. The Morgan fingerprint density at radius 3 is 2.53 bits per heavy atom. The summed E-state index contributed by atoms with van der Waals surface area (Å²) < 4.78 is 24.5. The Bertz CT molecular complexity index is 1130. The fraction of sp³-hybridized carbons (Fsp3) is 0.292. The zero-order valence-corrected chi connectivity index (χ0v) is 19.1. The van der Waals surface area contributed by atoms with Gasteiger partial charge in [-0.15, -0.1) is 0 Å². The number of rotatable bonds is 7. The van der Waals surface area contributed by atoms with Crippen LogP contribution in [-0.4, -0.2) is 40.4 Å². The van der Waals surface area contributed by atoms with Gasteiger partial charge in [0.2, 0.25) is 5.82 Å². The van der Waals surface area contributed by atoms with Gasteiger partial charge in [-0.3, -0.25) is 0 Å². The van der Waals surface area contributed by atoms with E-state index in [-0.39, 0.29) is 11.9 Å². The highest BCUT2D eigenvalue weighted by Crippen LogP contribution is 2.37. The van der Waals surface area contributed by atoms with Crippen molar-refractivity contribution in [2.75, 3.05) is 20.3 Å². The molecule has 166 valence electrons. The van der Waals surface area contributed by atoms with E-state index in [0.29, 0.717) is 30.0 Å². The van der Waals surface area contributed by atoms with Gasteiger partial charge in [-0.2, -0.15) is 4.98 Å². The Kier molecular flexibility index (Phi) is 6.62. The Morgan fingerprint density at radius 1 is 1.12 bits per heavy atom. The van der Waals surface area contributed by atoms with E-state index in [1.54, 1.807) is 19.2 Å². The number of nitrogens with one attached hydrogen (secondary N) is 1. The van der Waals surface area contributed by atoms with Gasteiger partial charge in [0, 0.05) is 31.5 Å². The fourth-order valence-electron chi connectivity index (χ4n) is 3.75. The smallest absolute Gasteiger partial charge is 0.258 e. The molecular weight excluding hydrogens is 427 g/mol. The zero-order valence-electron chi connectivity index (χ0n) is 18.3. The first-order chi connectivity index (χ1) is 15.5. The molecular formula is C24H25FN4O2S. The molecule has 1 aliphatic rings. The van der Waals surface area contributed by atoms with E-state index in [9.17, 15) is 4.39 Å². The van der Waals surface area contributed by atoms with Gasteiger partial charge in [0.15, 0.2) is 5.11 Å². The summed E-state index contributed by atoms with van der Waals surface area (Å²) in [6.45, 7) is 5.33. The minimum absolute atomic E-state index is 0.296. The standard InChI is InChI=1S/C24H25FN4O2S/c1-15-5-7-18(8-6-15)22-27-23(31-28-22)20-16(2)29(13-4-14-30-3)24(32)26-21(20)17-9-11-19(25)12-10-17/h5-12,21H,4,13-14H2,1-3H3,(H,26,32). The molecule has 0 bridgehead atoms. The van der Waals surface area contributed by atoms with Gasteiger partial charge in [0.25, 0.3) is 5.89 Å². The van der Waals surface area contributed by atoms with Crippen LogP contribution in [0.2, 0.25) is 0 Å².